The highest BCUT2D eigenvalue weighted by molar-refractivity contribution is 5.28. The first kappa shape index (κ1) is 10.4. The summed E-state index contributed by atoms with van der Waals surface area (Å²) < 4.78 is 0. The summed E-state index contributed by atoms with van der Waals surface area (Å²) in [5.41, 5.74) is 2.91. The van der Waals surface area contributed by atoms with E-state index in [9.17, 15) is 0 Å². The molecule has 0 amide bonds. The number of hydrogen-bond acceptors (Lipinski definition) is 2. The van der Waals surface area contributed by atoms with Crippen LogP contribution in [-0.4, -0.2) is 24.0 Å². The molecule has 1 aromatic heterocycles. The molecule has 0 bridgehead atoms. The number of hydrogen-bond donors (Lipinski definition) is 0. The lowest BCUT2D eigenvalue weighted by Crippen LogP contribution is -2.21. The third-order valence-corrected chi connectivity index (χ3v) is 2.97. The molecule has 0 fully saturated rings. The zero-order chi connectivity index (χ0) is 10.7. The van der Waals surface area contributed by atoms with Gasteiger partial charge in [-0.2, -0.15) is 0 Å². The zero-order valence-corrected chi connectivity index (χ0v) is 9.48. The van der Waals surface area contributed by atoms with E-state index in [1.54, 1.807) is 5.57 Å². The molecular weight excluding hydrogens is 184 g/mol. The van der Waals surface area contributed by atoms with Gasteiger partial charge >= 0.3 is 0 Å². The summed E-state index contributed by atoms with van der Waals surface area (Å²) >= 11 is 0. The second-order valence-corrected chi connectivity index (χ2v) is 4.32. The second-order valence-electron chi connectivity index (χ2n) is 4.32. The first-order valence-corrected chi connectivity index (χ1v) is 5.54. The van der Waals surface area contributed by atoms with Gasteiger partial charge in [0.2, 0.25) is 0 Å². The Morgan fingerprint density at radius 2 is 2.00 bits per heavy atom. The van der Waals surface area contributed by atoms with Gasteiger partial charge in [-0.1, -0.05) is 11.6 Å². The Kier molecular flexibility index (Phi) is 3.17. The standard InChI is InChI=1S/C13H18N2/c1-15(2)13(11-5-3-4-6-11)12-7-9-14-10-8-12/h5,7-10,13H,3-4,6H2,1-2H3. The second kappa shape index (κ2) is 4.58. The van der Waals surface area contributed by atoms with Crippen LogP contribution in [0.5, 0.6) is 0 Å². The van der Waals surface area contributed by atoms with Crippen molar-refractivity contribution in [3.05, 3.63) is 41.7 Å². The molecule has 80 valence electrons. The summed E-state index contributed by atoms with van der Waals surface area (Å²) in [5, 5.41) is 0. The van der Waals surface area contributed by atoms with Crippen molar-refractivity contribution in [3.8, 4) is 0 Å². The molecular formula is C13H18N2. The van der Waals surface area contributed by atoms with Gasteiger partial charge in [-0.25, -0.2) is 0 Å². The van der Waals surface area contributed by atoms with Crippen molar-refractivity contribution in [1.82, 2.24) is 9.88 Å². The molecule has 0 radical (unpaired) electrons. The molecule has 1 heterocycles. The van der Waals surface area contributed by atoms with Gasteiger partial charge in [0.25, 0.3) is 0 Å². The first-order chi connectivity index (χ1) is 7.29. The fourth-order valence-electron chi connectivity index (χ4n) is 2.33. The van der Waals surface area contributed by atoms with Crippen LogP contribution in [0.1, 0.15) is 30.9 Å². The van der Waals surface area contributed by atoms with Crippen LogP contribution >= 0.6 is 0 Å². The Hall–Kier alpha value is -1.15. The molecule has 0 saturated heterocycles. The first-order valence-electron chi connectivity index (χ1n) is 5.54. The average Bonchev–Trinajstić information content (AvgIpc) is 2.72. The van der Waals surface area contributed by atoms with Gasteiger partial charge in [-0.3, -0.25) is 9.88 Å². The average molecular weight is 202 g/mol. The lowest BCUT2D eigenvalue weighted by atomic mass is 9.98. The molecule has 0 N–H and O–H groups in total. The summed E-state index contributed by atoms with van der Waals surface area (Å²) in [4.78, 5) is 6.36. The van der Waals surface area contributed by atoms with Crippen LogP contribution in [0.3, 0.4) is 0 Å². The highest BCUT2D eigenvalue weighted by Gasteiger charge is 2.20. The molecule has 0 spiro atoms. The van der Waals surface area contributed by atoms with Crippen LogP contribution in [0.2, 0.25) is 0 Å². The van der Waals surface area contributed by atoms with Gasteiger partial charge in [0.1, 0.15) is 0 Å². The molecule has 2 nitrogen and oxygen atoms in total. The summed E-state index contributed by atoms with van der Waals surface area (Å²) in [6.07, 6.45) is 9.94. The molecule has 0 aromatic carbocycles. The SMILES string of the molecule is CN(C)C(C1=CCCC1)c1ccncc1. The van der Waals surface area contributed by atoms with Crippen molar-refractivity contribution in [2.75, 3.05) is 14.1 Å². The van der Waals surface area contributed by atoms with E-state index in [0.717, 1.165) is 0 Å². The smallest absolute Gasteiger partial charge is 0.0557 e. The summed E-state index contributed by atoms with van der Waals surface area (Å²) in [6, 6.07) is 4.67. The van der Waals surface area contributed by atoms with Crippen LogP contribution in [0.15, 0.2) is 36.2 Å². The maximum absolute atomic E-state index is 4.08. The number of rotatable bonds is 3. The number of likely N-dealkylation sites (N-methyl/N-ethyl adjacent to an activating group) is 1. The number of pyridine rings is 1. The fourth-order valence-corrected chi connectivity index (χ4v) is 2.33. The summed E-state index contributed by atoms with van der Waals surface area (Å²) in [6.45, 7) is 0. The van der Waals surface area contributed by atoms with E-state index in [1.807, 2.05) is 12.4 Å². The highest BCUT2D eigenvalue weighted by atomic mass is 15.1. The minimum absolute atomic E-state index is 0.440. The summed E-state index contributed by atoms with van der Waals surface area (Å²) in [5.74, 6) is 0. The minimum Gasteiger partial charge on any atom is -0.299 e. The van der Waals surface area contributed by atoms with Crippen LogP contribution < -0.4 is 0 Å². The monoisotopic (exact) mass is 202 g/mol. The Morgan fingerprint density at radius 3 is 2.53 bits per heavy atom. The molecule has 15 heavy (non-hydrogen) atoms. The third-order valence-electron chi connectivity index (χ3n) is 2.97. The lowest BCUT2D eigenvalue weighted by molar-refractivity contribution is 0.333. The normalized spacial score (nSPS) is 17.9. The van der Waals surface area contributed by atoms with Gasteiger partial charge in [0.05, 0.1) is 6.04 Å². The minimum atomic E-state index is 0.440. The molecule has 1 aliphatic carbocycles. The number of nitrogens with zero attached hydrogens (tertiary/aromatic N) is 2. The van der Waals surface area contributed by atoms with Crippen LogP contribution in [0.25, 0.3) is 0 Å². The Labute approximate surface area is 91.6 Å². The quantitative estimate of drug-likeness (QED) is 0.701. The van der Waals surface area contributed by atoms with E-state index in [4.69, 9.17) is 0 Å². The van der Waals surface area contributed by atoms with Crippen molar-refractivity contribution < 1.29 is 0 Å². The number of allylic oxidation sites excluding steroid dienone is 1. The molecule has 2 heteroatoms. The molecule has 1 aliphatic rings. The molecule has 1 unspecified atom stereocenters. The van der Waals surface area contributed by atoms with Crippen LogP contribution in [-0.2, 0) is 0 Å². The van der Waals surface area contributed by atoms with E-state index < -0.39 is 0 Å². The van der Waals surface area contributed by atoms with Crippen molar-refractivity contribution in [2.24, 2.45) is 0 Å². The predicted molar refractivity (Wildman–Crippen MR) is 62.6 cm³/mol. The maximum Gasteiger partial charge on any atom is 0.0557 e. The molecule has 0 saturated carbocycles. The van der Waals surface area contributed by atoms with E-state index in [2.05, 4.69) is 42.2 Å². The van der Waals surface area contributed by atoms with Crippen molar-refractivity contribution in [1.29, 1.82) is 0 Å². The largest absolute Gasteiger partial charge is 0.299 e. The highest BCUT2D eigenvalue weighted by Crippen LogP contribution is 2.33. The van der Waals surface area contributed by atoms with Gasteiger partial charge in [-0.15, -0.1) is 0 Å². The van der Waals surface area contributed by atoms with Crippen LogP contribution in [0, 0.1) is 0 Å². The van der Waals surface area contributed by atoms with Crippen LogP contribution in [0.4, 0.5) is 0 Å². The van der Waals surface area contributed by atoms with Crippen molar-refractivity contribution >= 4 is 0 Å². The van der Waals surface area contributed by atoms with Gasteiger partial charge < -0.3 is 0 Å². The van der Waals surface area contributed by atoms with E-state index in [1.165, 1.54) is 24.8 Å². The predicted octanol–water partition coefficient (Wildman–Crippen LogP) is 2.79. The fraction of sp³-hybridized carbons (Fsp3) is 0.462. The van der Waals surface area contributed by atoms with Gasteiger partial charge in [-0.05, 0) is 51.1 Å². The van der Waals surface area contributed by atoms with Crippen molar-refractivity contribution in [3.63, 3.8) is 0 Å². The van der Waals surface area contributed by atoms with Gasteiger partial charge in [0.15, 0.2) is 0 Å². The topological polar surface area (TPSA) is 16.1 Å². The van der Waals surface area contributed by atoms with Gasteiger partial charge in [0, 0.05) is 12.4 Å². The third kappa shape index (κ3) is 2.26. The molecule has 0 aliphatic heterocycles. The van der Waals surface area contributed by atoms with E-state index in [0.29, 0.717) is 6.04 Å². The van der Waals surface area contributed by atoms with E-state index in [-0.39, 0.29) is 0 Å². The molecule has 2 rings (SSSR count). The zero-order valence-electron chi connectivity index (χ0n) is 9.48. The molecule has 1 aromatic rings. The van der Waals surface area contributed by atoms with Crippen molar-refractivity contribution in [2.45, 2.75) is 25.3 Å². The lowest BCUT2D eigenvalue weighted by Gasteiger charge is -2.26. The maximum atomic E-state index is 4.08. The number of aromatic nitrogens is 1. The Bertz CT molecular complexity index is 341. The van der Waals surface area contributed by atoms with E-state index >= 15 is 0 Å². The Balaban J connectivity index is 2.28. The molecule has 1 atom stereocenters. The Morgan fingerprint density at radius 1 is 1.27 bits per heavy atom. The summed E-state index contributed by atoms with van der Waals surface area (Å²) in [7, 11) is 4.29.